The summed E-state index contributed by atoms with van der Waals surface area (Å²) in [6.07, 6.45) is 32.0. The van der Waals surface area contributed by atoms with Crippen LogP contribution >= 0.6 is 24.0 Å². The SMILES string of the molecule is C=CCC(/C=C/C=C(\S)c1ccc(-c2ccc3c(N(c4ccccc4)c4ccccc4)c4c(c(N(c5ccccc5)C5C=CC=CC5)c3c2)C=CC=CC4)s1)CC=C. The molecule has 0 saturated carbocycles. The average Bonchev–Trinajstić information content (AvgIpc) is 3.65. The molecule has 0 spiro atoms. The minimum atomic E-state index is 0.133. The Labute approximate surface area is 353 Å². The van der Waals surface area contributed by atoms with E-state index in [4.69, 9.17) is 12.6 Å². The summed E-state index contributed by atoms with van der Waals surface area (Å²) < 4.78 is 0. The molecule has 0 saturated heterocycles. The average molecular weight is 789 g/mol. The van der Waals surface area contributed by atoms with Crippen molar-refractivity contribution in [1.82, 2.24) is 0 Å². The zero-order valence-corrected chi connectivity index (χ0v) is 34.4. The van der Waals surface area contributed by atoms with E-state index in [2.05, 4.69) is 211 Å². The van der Waals surface area contributed by atoms with Crippen molar-refractivity contribution in [2.45, 2.75) is 31.7 Å². The highest BCUT2D eigenvalue weighted by molar-refractivity contribution is 7.90. The van der Waals surface area contributed by atoms with Crippen LogP contribution in [0.4, 0.5) is 28.4 Å². The monoisotopic (exact) mass is 788 g/mol. The van der Waals surface area contributed by atoms with Crippen LogP contribution in [0.25, 0.3) is 32.2 Å². The van der Waals surface area contributed by atoms with E-state index in [1.54, 1.807) is 11.3 Å². The van der Waals surface area contributed by atoms with Crippen molar-refractivity contribution in [3.05, 3.63) is 223 Å². The molecule has 1 unspecified atom stereocenters. The van der Waals surface area contributed by atoms with Crippen LogP contribution < -0.4 is 9.80 Å². The van der Waals surface area contributed by atoms with Gasteiger partial charge in [-0.25, -0.2) is 0 Å². The Bertz CT molecular complexity index is 2520. The molecule has 286 valence electrons. The number of thiol groups is 1. The van der Waals surface area contributed by atoms with Gasteiger partial charge in [0.25, 0.3) is 0 Å². The highest BCUT2D eigenvalue weighted by Gasteiger charge is 2.30. The lowest BCUT2D eigenvalue weighted by molar-refractivity contribution is 0.677. The third kappa shape index (κ3) is 8.31. The molecule has 6 aromatic rings. The van der Waals surface area contributed by atoms with E-state index in [1.165, 1.54) is 49.4 Å². The van der Waals surface area contributed by atoms with Crippen LogP contribution in [0.2, 0.25) is 0 Å². The van der Waals surface area contributed by atoms with Crippen LogP contribution in [0.5, 0.6) is 0 Å². The fourth-order valence-corrected chi connectivity index (χ4v) is 9.31. The fourth-order valence-electron chi connectivity index (χ4n) is 8.09. The molecule has 8 rings (SSSR count). The Kier molecular flexibility index (Phi) is 12.3. The van der Waals surface area contributed by atoms with Crippen LogP contribution in [-0.2, 0) is 6.42 Å². The molecular formula is C54H48N2S2. The molecule has 0 fully saturated rings. The highest BCUT2D eigenvalue weighted by Crippen LogP contribution is 2.51. The summed E-state index contributed by atoms with van der Waals surface area (Å²) in [5, 5.41) is 2.41. The van der Waals surface area contributed by atoms with E-state index < -0.39 is 0 Å². The smallest absolute Gasteiger partial charge is 0.0582 e. The lowest BCUT2D eigenvalue weighted by Crippen LogP contribution is -2.31. The van der Waals surface area contributed by atoms with Gasteiger partial charge in [0.15, 0.2) is 0 Å². The molecule has 2 aliphatic carbocycles. The van der Waals surface area contributed by atoms with Crippen molar-refractivity contribution in [3.63, 3.8) is 0 Å². The Morgan fingerprint density at radius 2 is 1.40 bits per heavy atom. The summed E-state index contributed by atoms with van der Waals surface area (Å²) >= 11 is 6.74. The van der Waals surface area contributed by atoms with Crippen LogP contribution in [0.1, 0.15) is 35.3 Å². The third-order valence-corrected chi connectivity index (χ3v) is 12.5. The number of benzene rings is 5. The predicted octanol–water partition coefficient (Wildman–Crippen LogP) is 15.8. The number of thiophene rings is 1. The van der Waals surface area contributed by atoms with Gasteiger partial charge in [-0.15, -0.1) is 37.1 Å². The summed E-state index contributed by atoms with van der Waals surface area (Å²) in [6.45, 7) is 7.86. The number of allylic oxidation sites excluding steroid dienone is 10. The van der Waals surface area contributed by atoms with Gasteiger partial charge in [-0.05, 0) is 103 Å². The topological polar surface area (TPSA) is 6.48 Å². The van der Waals surface area contributed by atoms with Crippen LogP contribution in [0.3, 0.4) is 0 Å². The number of fused-ring (bicyclic) bond motifs is 2. The zero-order chi connectivity index (χ0) is 39.7. The molecule has 5 aromatic carbocycles. The molecule has 0 bridgehead atoms. The quantitative estimate of drug-likeness (QED) is 0.0508. The van der Waals surface area contributed by atoms with Crippen molar-refractivity contribution in [2.24, 2.45) is 5.92 Å². The first-order chi connectivity index (χ1) is 28.6. The van der Waals surface area contributed by atoms with Gasteiger partial charge in [0, 0.05) is 48.1 Å². The first kappa shape index (κ1) is 38.8. The van der Waals surface area contributed by atoms with Gasteiger partial charge >= 0.3 is 0 Å². The fraction of sp³-hybridized carbons (Fsp3) is 0.111. The zero-order valence-electron chi connectivity index (χ0n) is 32.7. The van der Waals surface area contributed by atoms with Gasteiger partial charge in [0.2, 0.25) is 0 Å². The van der Waals surface area contributed by atoms with Gasteiger partial charge < -0.3 is 9.80 Å². The van der Waals surface area contributed by atoms with Gasteiger partial charge in [-0.1, -0.05) is 140 Å². The van der Waals surface area contributed by atoms with Crippen LogP contribution in [0.15, 0.2) is 207 Å². The lowest BCUT2D eigenvalue weighted by Gasteiger charge is -2.37. The van der Waals surface area contributed by atoms with Crippen molar-refractivity contribution < 1.29 is 0 Å². The Morgan fingerprint density at radius 1 is 0.724 bits per heavy atom. The molecule has 58 heavy (non-hydrogen) atoms. The molecule has 4 heteroatoms. The maximum absolute atomic E-state index is 4.97. The largest absolute Gasteiger partial charge is 0.333 e. The maximum Gasteiger partial charge on any atom is 0.0582 e. The van der Waals surface area contributed by atoms with E-state index in [0.717, 1.165) is 46.8 Å². The number of hydrogen-bond donors (Lipinski definition) is 1. The summed E-state index contributed by atoms with van der Waals surface area (Å²) in [5.41, 5.74) is 9.54. The molecule has 2 aliphatic rings. The van der Waals surface area contributed by atoms with E-state index in [0.29, 0.717) is 5.92 Å². The molecule has 0 aliphatic heterocycles. The van der Waals surface area contributed by atoms with Crippen LogP contribution in [-0.4, -0.2) is 6.04 Å². The molecule has 0 N–H and O–H groups in total. The third-order valence-electron chi connectivity index (χ3n) is 10.8. The van der Waals surface area contributed by atoms with Crippen molar-refractivity contribution >= 4 is 74.2 Å². The molecule has 0 amide bonds. The molecule has 1 heterocycles. The summed E-state index contributed by atoms with van der Waals surface area (Å²) in [5.74, 6) is 0.388. The Morgan fingerprint density at radius 3 is 2.05 bits per heavy atom. The van der Waals surface area contributed by atoms with Gasteiger partial charge in [0.1, 0.15) is 0 Å². The van der Waals surface area contributed by atoms with Gasteiger partial charge in [-0.2, -0.15) is 0 Å². The number of hydrogen-bond acceptors (Lipinski definition) is 4. The summed E-state index contributed by atoms with van der Waals surface area (Å²) in [7, 11) is 0. The molecule has 2 nitrogen and oxygen atoms in total. The van der Waals surface area contributed by atoms with Gasteiger partial charge in [0.05, 0.1) is 17.4 Å². The number of anilines is 5. The van der Waals surface area contributed by atoms with Crippen molar-refractivity contribution in [2.75, 3.05) is 9.80 Å². The second-order valence-electron chi connectivity index (χ2n) is 14.6. The molecule has 1 aromatic heterocycles. The molecular weight excluding hydrogens is 741 g/mol. The first-order valence-electron chi connectivity index (χ1n) is 20.1. The van der Waals surface area contributed by atoms with Crippen molar-refractivity contribution in [3.8, 4) is 10.4 Å². The number of para-hydroxylation sites is 3. The standard InChI is InChI=1S/C54H48N2S2/c1-3-21-40(22-4-2)23-20-34-50(57)52-38-37-51(58-52)41-35-36-48-49(39-41)54(56(44-28-14-7-15-29-44)45-30-16-8-17-31-45)47-33-19-9-18-32-46(47)53(48)55(42-24-10-5-11-25-42)43-26-12-6-13-27-43/h3-20,23-30,33-40,45,57H,1-2,21-22,31-32H2/b23-20+,50-34-. The highest BCUT2D eigenvalue weighted by atomic mass is 32.1. The Balaban J connectivity index is 1.37. The van der Waals surface area contributed by atoms with Gasteiger partial charge in [-0.3, -0.25) is 0 Å². The van der Waals surface area contributed by atoms with E-state index >= 15 is 0 Å². The van der Waals surface area contributed by atoms with E-state index in [9.17, 15) is 0 Å². The summed E-state index contributed by atoms with van der Waals surface area (Å²) in [4.78, 5) is 8.31. The molecule has 1 atom stereocenters. The summed E-state index contributed by atoms with van der Waals surface area (Å²) in [6, 6.07) is 44.2. The number of rotatable bonds is 14. The van der Waals surface area contributed by atoms with Crippen LogP contribution in [0, 0.1) is 5.92 Å². The predicted molar refractivity (Wildman–Crippen MR) is 258 cm³/mol. The number of nitrogens with zero attached hydrogens (tertiary/aromatic N) is 2. The minimum absolute atomic E-state index is 0.133. The Hall–Kier alpha value is -6.07. The minimum Gasteiger partial charge on any atom is -0.333 e. The second kappa shape index (κ2) is 18.5. The van der Waals surface area contributed by atoms with Crippen molar-refractivity contribution in [1.29, 1.82) is 0 Å². The molecule has 0 radical (unpaired) electrons. The first-order valence-corrected chi connectivity index (χ1v) is 21.3. The maximum atomic E-state index is 4.97. The lowest BCUT2D eigenvalue weighted by atomic mass is 9.89. The second-order valence-corrected chi connectivity index (χ2v) is 16.1. The normalized spacial score (nSPS) is 14.9. The van der Waals surface area contributed by atoms with E-state index in [-0.39, 0.29) is 6.04 Å². The van der Waals surface area contributed by atoms with E-state index in [1.807, 2.05) is 12.2 Å².